The molecule has 0 N–H and O–H groups in total. The molecular formula is C17H26NNaO4. The molecular weight excluding hydrogens is 305 g/mol. The van der Waals surface area contributed by atoms with Crippen LogP contribution in [0.15, 0.2) is 24.3 Å². The van der Waals surface area contributed by atoms with Gasteiger partial charge in [0.2, 0.25) is 0 Å². The monoisotopic (exact) mass is 331 g/mol. The average Bonchev–Trinajstić information content (AvgIpc) is 2.58. The van der Waals surface area contributed by atoms with Crippen LogP contribution in [0, 0.1) is 5.92 Å². The molecule has 1 aliphatic heterocycles. The Morgan fingerprint density at radius 1 is 1.13 bits per heavy atom. The topological polar surface area (TPSA) is 61.8 Å². The predicted octanol–water partition coefficient (Wildman–Crippen LogP) is -1.08. The van der Waals surface area contributed by atoms with Crippen LogP contribution in [-0.2, 0) is 9.47 Å². The Kier molecular flexibility index (Phi) is 11.6. The summed E-state index contributed by atoms with van der Waals surface area (Å²) in [6, 6.07) is 6.83. The fourth-order valence-electron chi connectivity index (χ4n) is 2.72. The summed E-state index contributed by atoms with van der Waals surface area (Å²) >= 11 is 0. The average molecular weight is 331 g/mol. The Morgan fingerprint density at radius 3 is 2.00 bits per heavy atom. The van der Waals surface area contributed by atoms with E-state index in [0.717, 1.165) is 31.6 Å². The maximum atomic E-state index is 10.7. The molecule has 1 fully saturated rings. The van der Waals surface area contributed by atoms with Gasteiger partial charge in [-0.2, -0.15) is 0 Å². The second kappa shape index (κ2) is 11.9. The quantitative estimate of drug-likeness (QED) is 0.507. The molecule has 23 heavy (non-hydrogen) atoms. The molecule has 1 aliphatic rings. The minimum absolute atomic E-state index is 0. The second-order valence-electron chi connectivity index (χ2n) is 5.00. The first-order chi connectivity index (χ1) is 10.7. The van der Waals surface area contributed by atoms with Crippen LogP contribution in [-0.4, -0.2) is 39.6 Å². The number of nitrogens with zero attached hydrogens (tertiary/aromatic N) is 1. The largest absolute Gasteiger partial charge is 1.00 e. The molecule has 6 heteroatoms. The zero-order chi connectivity index (χ0) is 16.5. The number of carbonyl (C=O) groups excluding carboxylic acids is 1. The van der Waals surface area contributed by atoms with Gasteiger partial charge < -0.3 is 24.3 Å². The molecule has 1 saturated heterocycles. The van der Waals surface area contributed by atoms with Crippen LogP contribution in [0.5, 0.6) is 0 Å². The summed E-state index contributed by atoms with van der Waals surface area (Å²) in [5.74, 6) is -0.734. The van der Waals surface area contributed by atoms with Crippen LogP contribution in [0.2, 0.25) is 0 Å². The molecule has 0 radical (unpaired) electrons. The molecule has 1 heterocycles. The van der Waals surface area contributed by atoms with Crippen LogP contribution in [0.25, 0.3) is 0 Å². The Balaban J connectivity index is 0.00000155. The van der Waals surface area contributed by atoms with Gasteiger partial charge >= 0.3 is 29.6 Å². The number of anilines is 1. The van der Waals surface area contributed by atoms with Gasteiger partial charge in [-0.3, -0.25) is 0 Å². The van der Waals surface area contributed by atoms with Crippen molar-refractivity contribution in [3.63, 3.8) is 0 Å². The Morgan fingerprint density at radius 2 is 1.61 bits per heavy atom. The van der Waals surface area contributed by atoms with Crippen molar-refractivity contribution in [1.29, 1.82) is 0 Å². The first kappa shape index (κ1) is 22.4. The molecule has 1 aromatic carbocycles. The van der Waals surface area contributed by atoms with Crippen LogP contribution in [0.3, 0.4) is 0 Å². The van der Waals surface area contributed by atoms with Crippen molar-refractivity contribution < 1.29 is 48.9 Å². The van der Waals surface area contributed by atoms with E-state index in [1.165, 1.54) is 0 Å². The number of methoxy groups -OCH3 is 2. The van der Waals surface area contributed by atoms with Gasteiger partial charge in [0.25, 0.3) is 0 Å². The normalized spacial score (nSPS) is 14.7. The number of carboxylic acids is 1. The molecule has 0 amide bonds. The SMILES string of the molecule is CC.COC(OC)C1CCN(c2ccc(C(=O)[O-])cc2)CC1.[Na+]. The van der Waals surface area contributed by atoms with Gasteiger partial charge in [-0.05, 0) is 30.5 Å². The zero-order valence-electron chi connectivity index (χ0n) is 14.9. The molecule has 0 bridgehead atoms. The molecule has 0 aromatic heterocycles. The van der Waals surface area contributed by atoms with E-state index < -0.39 is 5.97 Å². The van der Waals surface area contributed by atoms with Gasteiger partial charge in [0.15, 0.2) is 6.29 Å². The number of aromatic carboxylic acids is 1. The summed E-state index contributed by atoms with van der Waals surface area (Å²) in [7, 11) is 3.33. The van der Waals surface area contributed by atoms with Crippen LogP contribution in [0.1, 0.15) is 37.0 Å². The van der Waals surface area contributed by atoms with E-state index in [2.05, 4.69) is 4.90 Å². The molecule has 0 unspecified atom stereocenters. The summed E-state index contributed by atoms with van der Waals surface area (Å²) in [5, 5.41) is 10.7. The summed E-state index contributed by atoms with van der Waals surface area (Å²) in [6.45, 7) is 5.83. The summed E-state index contributed by atoms with van der Waals surface area (Å²) in [4.78, 5) is 13.0. The van der Waals surface area contributed by atoms with Crippen molar-refractivity contribution in [1.82, 2.24) is 0 Å². The smallest absolute Gasteiger partial charge is 0.545 e. The van der Waals surface area contributed by atoms with Gasteiger partial charge in [-0.25, -0.2) is 0 Å². The van der Waals surface area contributed by atoms with Crippen molar-refractivity contribution in [2.24, 2.45) is 5.92 Å². The molecule has 2 rings (SSSR count). The third-order valence-electron chi connectivity index (χ3n) is 3.86. The van der Waals surface area contributed by atoms with Gasteiger partial charge in [-0.15, -0.1) is 0 Å². The van der Waals surface area contributed by atoms with E-state index in [1.54, 1.807) is 26.4 Å². The molecule has 0 aliphatic carbocycles. The molecule has 0 saturated carbocycles. The number of ether oxygens (including phenoxy) is 2. The number of rotatable bonds is 5. The fourth-order valence-corrected chi connectivity index (χ4v) is 2.72. The summed E-state index contributed by atoms with van der Waals surface area (Å²) in [6.07, 6.45) is 1.85. The zero-order valence-corrected chi connectivity index (χ0v) is 16.9. The van der Waals surface area contributed by atoms with E-state index in [0.29, 0.717) is 5.92 Å². The number of carbonyl (C=O) groups is 1. The minimum atomic E-state index is -1.14. The fraction of sp³-hybridized carbons (Fsp3) is 0.588. The summed E-state index contributed by atoms with van der Waals surface area (Å²) in [5.41, 5.74) is 1.25. The van der Waals surface area contributed by atoms with Gasteiger partial charge in [0.05, 0.1) is 5.97 Å². The molecule has 1 aromatic rings. The van der Waals surface area contributed by atoms with Crippen molar-refractivity contribution in [2.45, 2.75) is 33.0 Å². The third kappa shape index (κ3) is 6.43. The van der Waals surface area contributed by atoms with Crippen LogP contribution in [0.4, 0.5) is 5.69 Å². The maximum absolute atomic E-state index is 10.7. The standard InChI is InChI=1S/C15H21NO4.C2H6.Na/c1-19-15(20-2)12-7-9-16(10-8-12)13-5-3-11(4-6-13)14(17)18;1-2;/h3-6,12,15H,7-10H2,1-2H3,(H,17,18);1-2H3;/q;;+1/p-1. The Hall–Kier alpha value is -0.590. The predicted molar refractivity (Wildman–Crippen MR) is 84.9 cm³/mol. The Labute approximate surface area is 161 Å². The first-order valence-electron chi connectivity index (χ1n) is 7.77. The molecule has 5 nitrogen and oxygen atoms in total. The minimum Gasteiger partial charge on any atom is -0.545 e. The molecule has 0 atom stereocenters. The van der Waals surface area contributed by atoms with Crippen molar-refractivity contribution in [3.8, 4) is 0 Å². The number of carboxylic acid groups (broad SMARTS) is 1. The number of hydrogen-bond donors (Lipinski definition) is 0. The number of piperidine rings is 1. The summed E-state index contributed by atoms with van der Waals surface area (Å²) < 4.78 is 10.6. The van der Waals surface area contributed by atoms with Crippen molar-refractivity contribution >= 4 is 11.7 Å². The van der Waals surface area contributed by atoms with E-state index in [-0.39, 0.29) is 41.4 Å². The number of benzene rings is 1. The molecule has 0 spiro atoms. The van der Waals surface area contributed by atoms with E-state index in [1.807, 2.05) is 26.0 Å². The molecule has 124 valence electrons. The van der Waals surface area contributed by atoms with Gasteiger partial charge in [0.1, 0.15) is 0 Å². The van der Waals surface area contributed by atoms with E-state index in [9.17, 15) is 9.90 Å². The Bertz CT molecular complexity index is 440. The maximum Gasteiger partial charge on any atom is 1.00 e. The second-order valence-corrected chi connectivity index (χ2v) is 5.00. The first-order valence-corrected chi connectivity index (χ1v) is 7.77. The third-order valence-corrected chi connectivity index (χ3v) is 3.86. The van der Waals surface area contributed by atoms with Crippen molar-refractivity contribution in [2.75, 3.05) is 32.2 Å². The van der Waals surface area contributed by atoms with Crippen LogP contribution < -0.4 is 39.6 Å². The van der Waals surface area contributed by atoms with E-state index >= 15 is 0 Å². The van der Waals surface area contributed by atoms with Crippen molar-refractivity contribution in [3.05, 3.63) is 29.8 Å². The van der Waals surface area contributed by atoms with E-state index in [4.69, 9.17) is 9.47 Å². The number of hydrogen-bond acceptors (Lipinski definition) is 5. The van der Waals surface area contributed by atoms with Gasteiger partial charge in [0, 0.05) is 38.9 Å². The van der Waals surface area contributed by atoms with Gasteiger partial charge in [-0.1, -0.05) is 26.0 Å². The van der Waals surface area contributed by atoms with Crippen LogP contribution >= 0.6 is 0 Å².